The lowest BCUT2D eigenvalue weighted by atomic mass is 10.0. The Hall–Kier alpha value is -4.21. The summed E-state index contributed by atoms with van der Waals surface area (Å²) in [5.41, 5.74) is -1.15. The van der Waals surface area contributed by atoms with Crippen molar-refractivity contribution in [3.05, 3.63) is 101 Å². The maximum absolute atomic E-state index is 14.4. The van der Waals surface area contributed by atoms with Gasteiger partial charge in [0.15, 0.2) is 5.78 Å². The third-order valence-corrected chi connectivity index (χ3v) is 4.74. The summed E-state index contributed by atoms with van der Waals surface area (Å²) in [4.78, 5) is 33.4. The van der Waals surface area contributed by atoms with E-state index in [0.29, 0.717) is 23.2 Å². The fourth-order valence-electron chi connectivity index (χ4n) is 3.13. The normalized spacial score (nSPS) is 11.4. The van der Waals surface area contributed by atoms with E-state index in [-0.39, 0.29) is 22.4 Å². The highest BCUT2D eigenvalue weighted by molar-refractivity contribution is 6.11. The monoisotopic (exact) mass is 457 g/mol. The quantitative estimate of drug-likeness (QED) is 0.329. The summed E-state index contributed by atoms with van der Waals surface area (Å²) in [5.74, 6) is -4.08. The van der Waals surface area contributed by atoms with Gasteiger partial charge in [-0.1, -0.05) is 0 Å². The van der Waals surface area contributed by atoms with E-state index in [1.165, 1.54) is 24.5 Å². The number of benzene rings is 3. The molecular weight excluding hydrogens is 445 g/mol. The van der Waals surface area contributed by atoms with Gasteiger partial charge in [0, 0.05) is 29.2 Å². The van der Waals surface area contributed by atoms with Crippen LogP contribution in [0.4, 0.5) is 27.6 Å². The summed E-state index contributed by atoms with van der Waals surface area (Å²) in [7, 11) is 0. The average Bonchev–Trinajstić information content (AvgIpc) is 2.78. The fourth-order valence-corrected chi connectivity index (χ4v) is 3.13. The van der Waals surface area contributed by atoms with Gasteiger partial charge in [-0.05, 0) is 54.6 Å². The lowest BCUT2D eigenvalue weighted by Gasteiger charge is -2.11. The van der Waals surface area contributed by atoms with Crippen molar-refractivity contribution >= 4 is 28.4 Å². The number of anilines is 1. The molecule has 10 heteroatoms. The second-order valence-electron chi connectivity index (χ2n) is 6.93. The number of fused-ring (bicyclic) bond motifs is 1. The lowest BCUT2D eigenvalue weighted by Crippen LogP contribution is -2.15. The molecule has 0 spiro atoms. The number of ketones is 1. The first-order chi connectivity index (χ1) is 15.6. The van der Waals surface area contributed by atoms with Crippen LogP contribution in [0.25, 0.3) is 11.0 Å². The van der Waals surface area contributed by atoms with E-state index < -0.39 is 35.1 Å². The number of hydrogen-bond acceptors (Lipinski definition) is 4. The highest BCUT2D eigenvalue weighted by atomic mass is 19.4. The summed E-state index contributed by atoms with van der Waals surface area (Å²) >= 11 is 0. The van der Waals surface area contributed by atoms with E-state index in [1.807, 2.05) is 0 Å². The molecule has 1 amide bonds. The first-order valence-corrected chi connectivity index (χ1v) is 9.36. The molecule has 4 rings (SSSR count). The Kier molecular flexibility index (Phi) is 5.59. The Balaban J connectivity index is 1.60. The van der Waals surface area contributed by atoms with E-state index in [9.17, 15) is 31.5 Å². The number of amides is 1. The van der Waals surface area contributed by atoms with Crippen LogP contribution >= 0.6 is 0 Å². The molecule has 0 atom stereocenters. The first-order valence-electron chi connectivity index (χ1n) is 9.36. The molecule has 166 valence electrons. The molecule has 0 saturated carbocycles. The summed E-state index contributed by atoms with van der Waals surface area (Å²) < 4.78 is 66.2. The van der Waals surface area contributed by atoms with Crippen LogP contribution in [0, 0.1) is 11.6 Å². The number of halogens is 5. The summed E-state index contributed by atoms with van der Waals surface area (Å²) in [6.07, 6.45) is -1.98. The Morgan fingerprint density at radius 3 is 2.15 bits per heavy atom. The van der Waals surface area contributed by atoms with Gasteiger partial charge >= 0.3 is 6.18 Å². The molecule has 0 aliphatic heterocycles. The molecule has 0 fully saturated rings. The summed E-state index contributed by atoms with van der Waals surface area (Å²) in [6, 6.07) is 9.36. The van der Waals surface area contributed by atoms with Crippen molar-refractivity contribution in [2.45, 2.75) is 6.18 Å². The van der Waals surface area contributed by atoms with E-state index in [2.05, 4.69) is 15.3 Å². The zero-order chi connectivity index (χ0) is 23.8. The Labute approximate surface area is 182 Å². The van der Waals surface area contributed by atoms with Gasteiger partial charge in [0.1, 0.15) is 11.6 Å². The fraction of sp³-hybridized carbons (Fsp3) is 0.0435. The van der Waals surface area contributed by atoms with Crippen LogP contribution in [-0.4, -0.2) is 21.7 Å². The lowest BCUT2D eigenvalue weighted by molar-refractivity contribution is -0.140. The maximum atomic E-state index is 14.4. The van der Waals surface area contributed by atoms with Gasteiger partial charge in [0.2, 0.25) is 0 Å². The molecule has 33 heavy (non-hydrogen) atoms. The molecule has 0 bridgehead atoms. The SMILES string of the molecule is O=C(Nc1ccc(F)c(C(=O)c2ccc3nccnc3c2)c1)c1ccc(C(F)(F)F)c(F)c1. The number of nitrogens with one attached hydrogen (secondary N) is 1. The number of hydrogen-bond donors (Lipinski definition) is 1. The van der Waals surface area contributed by atoms with E-state index >= 15 is 0 Å². The van der Waals surface area contributed by atoms with Gasteiger partial charge in [-0.25, -0.2) is 8.78 Å². The smallest absolute Gasteiger partial charge is 0.322 e. The molecule has 0 unspecified atom stereocenters. The number of carbonyl (C=O) groups excluding carboxylic acids is 2. The molecular formula is C23H12F5N3O2. The summed E-state index contributed by atoms with van der Waals surface area (Å²) in [6.45, 7) is 0. The van der Waals surface area contributed by atoms with Crippen LogP contribution in [0.5, 0.6) is 0 Å². The number of carbonyl (C=O) groups is 2. The highest BCUT2D eigenvalue weighted by Gasteiger charge is 2.34. The Morgan fingerprint density at radius 2 is 1.45 bits per heavy atom. The number of nitrogens with zero attached hydrogens (tertiary/aromatic N) is 2. The van der Waals surface area contributed by atoms with Gasteiger partial charge < -0.3 is 5.32 Å². The molecule has 5 nitrogen and oxygen atoms in total. The molecule has 3 aromatic carbocycles. The van der Waals surface area contributed by atoms with Crippen LogP contribution in [0.3, 0.4) is 0 Å². The second-order valence-corrected chi connectivity index (χ2v) is 6.93. The topological polar surface area (TPSA) is 72.0 Å². The van der Waals surface area contributed by atoms with Gasteiger partial charge in [0.25, 0.3) is 5.91 Å². The molecule has 4 aromatic rings. The van der Waals surface area contributed by atoms with Crippen molar-refractivity contribution in [3.8, 4) is 0 Å². The van der Waals surface area contributed by atoms with E-state index in [1.54, 1.807) is 6.07 Å². The standard InChI is InChI=1S/C23H12F5N3O2/c24-17-5-3-14(31-22(33)13-1-4-16(18(25)9-13)23(26,27)28)11-15(17)21(32)12-2-6-19-20(10-12)30-8-7-29-19/h1-11H,(H,31,33). The van der Waals surface area contributed by atoms with Crippen molar-refractivity contribution in [2.24, 2.45) is 0 Å². The summed E-state index contributed by atoms with van der Waals surface area (Å²) in [5, 5.41) is 2.32. The maximum Gasteiger partial charge on any atom is 0.419 e. The molecule has 0 aliphatic carbocycles. The van der Waals surface area contributed by atoms with E-state index in [4.69, 9.17) is 0 Å². The van der Waals surface area contributed by atoms with Crippen LogP contribution in [-0.2, 0) is 6.18 Å². The molecule has 0 aliphatic rings. The van der Waals surface area contributed by atoms with Crippen LogP contribution in [0.1, 0.15) is 31.8 Å². The third-order valence-electron chi connectivity index (χ3n) is 4.74. The van der Waals surface area contributed by atoms with Gasteiger partial charge in [-0.15, -0.1) is 0 Å². The van der Waals surface area contributed by atoms with E-state index in [0.717, 1.165) is 24.3 Å². The van der Waals surface area contributed by atoms with Crippen LogP contribution in [0.2, 0.25) is 0 Å². The minimum atomic E-state index is -4.90. The van der Waals surface area contributed by atoms with Gasteiger partial charge in [-0.3, -0.25) is 19.6 Å². The zero-order valence-corrected chi connectivity index (χ0v) is 16.5. The molecule has 0 radical (unpaired) electrons. The van der Waals surface area contributed by atoms with Crippen molar-refractivity contribution in [2.75, 3.05) is 5.32 Å². The Bertz CT molecular complexity index is 1400. The number of alkyl halides is 3. The predicted molar refractivity (Wildman–Crippen MR) is 109 cm³/mol. The third kappa shape index (κ3) is 4.54. The number of aromatic nitrogens is 2. The Morgan fingerprint density at radius 1 is 0.758 bits per heavy atom. The van der Waals surface area contributed by atoms with Crippen molar-refractivity contribution in [3.63, 3.8) is 0 Å². The largest absolute Gasteiger partial charge is 0.419 e. The van der Waals surface area contributed by atoms with Crippen molar-refractivity contribution in [1.82, 2.24) is 9.97 Å². The van der Waals surface area contributed by atoms with Crippen molar-refractivity contribution < 1.29 is 31.5 Å². The second kappa shape index (κ2) is 8.38. The number of rotatable bonds is 4. The minimum Gasteiger partial charge on any atom is -0.322 e. The zero-order valence-electron chi connectivity index (χ0n) is 16.5. The van der Waals surface area contributed by atoms with Gasteiger partial charge in [0.05, 0.1) is 22.2 Å². The van der Waals surface area contributed by atoms with Crippen molar-refractivity contribution in [1.29, 1.82) is 0 Å². The molecule has 1 N–H and O–H groups in total. The predicted octanol–water partition coefficient (Wildman–Crippen LogP) is 5.41. The average molecular weight is 457 g/mol. The molecule has 1 aromatic heterocycles. The van der Waals surface area contributed by atoms with Crippen LogP contribution in [0.15, 0.2) is 67.0 Å². The van der Waals surface area contributed by atoms with Gasteiger partial charge in [-0.2, -0.15) is 13.2 Å². The molecule has 1 heterocycles. The highest BCUT2D eigenvalue weighted by Crippen LogP contribution is 2.31. The first kappa shape index (κ1) is 22.0. The minimum absolute atomic E-state index is 0.00867. The molecule has 0 saturated heterocycles. The van der Waals surface area contributed by atoms with Crippen LogP contribution < -0.4 is 5.32 Å².